The molecule has 1 heterocycles. The molecule has 1 aromatic heterocycles. The standard InChI is InChI=1S/C9H12Cl3N3O2S/c1-3-15(6(2)16)4-5-17-8-14-13-7(18-8)9(10,11)12/h3-5H2,1-2H3. The zero-order chi connectivity index (χ0) is 13.8. The second-order valence-electron chi connectivity index (χ2n) is 3.32. The second kappa shape index (κ2) is 6.75. The van der Waals surface area contributed by atoms with E-state index in [4.69, 9.17) is 39.5 Å². The van der Waals surface area contributed by atoms with Crippen LogP contribution in [0.5, 0.6) is 5.19 Å². The number of rotatable bonds is 5. The van der Waals surface area contributed by atoms with Crippen molar-refractivity contribution in [1.82, 2.24) is 15.1 Å². The predicted octanol–water partition coefficient (Wildman–Crippen LogP) is 2.61. The van der Waals surface area contributed by atoms with Crippen LogP contribution in [0.4, 0.5) is 0 Å². The highest BCUT2D eigenvalue weighted by Crippen LogP contribution is 2.40. The fourth-order valence-electron chi connectivity index (χ4n) is 1.16. The average Bonchev–Trinajstić information content (AvgIpc) is 2.72. The van der Waals surface area contributed by atoms with Crippen LogP contribution in [0.3, 0.4) is 0 Å². The Morgan fingerprint density at radius 1 is 1.44 bits per heavy atom. The Labute approximate surface area is 124 Å². The van der Waals surface area contributed by atoms with Gasteiger partial charge in [-0.3, -0.25) is 4.79 Å². The minimum Gasteiger partial charge on any atom is -0.467 e. The molecule has 1 aromatic rings. The molecule has 0 aromatic carbocycles. The third-order valence-electron chi connectivity index (χ3n) is 2.06. The molecule has 5 nitrogen and oxygen atoms in total. The highest BCUT2D eigenvalue weighted by atomic mass is 35.6. The summed E-state index contributed by atoms with van der Waals surface area (Å²) < 4.78 is 3.75. The molecule has 102 valence electrons. The molecule has 9 heteroatoms. The van der Waals surface area contributed by atoms with E-state index in [1.165, 1.54) is 6.92 Å². The lowest BCUT2D eigenvalue weighted by Crippen LogP contribution is -2.32. The Morgan fingerprint density at radius 2 is 2.11 bits per heavy atom. The first-order valence-electron chi connectivity index (χ1n) is 5.13. The summed E-state index contributed by atoms with van der Waals surface area (Å²) in [7, 11) is 0. The Hall–Kier alpha value is -0.300. The summed E-state index contributed by atoms with van der Waals surface area (Å²) in [4.78, 5) is 12.8. The highest BCUT2D eigenvalue weighted by molar-refractivity contribution is 7.14. The zero-order valence-corrected chi connectivity index (χ0v) is 12.9. The summed E-state index contributed by atoms with van der Waals surface area (Å²) in [5.74, 6) is 0.000319. The first-order chi connectivity index (χ1) is 8.34. The second-order valence-corrected chi connectivity index (χ2v) is 6.54. The van der Waals surface area contributed by atoms with E-state index in [1.807, 2.05) is 6.92 Å². The molecule has 1 rings (SSSR count). The number of nitrogens with zero attached hydrogens (tertiary/aromatic N) is 3. The van der Waals surface area contributed by atoms with Gasteiger partial charge in [0.05, 0.1) is 6.54 Å². The average molecular weight is 333 g/mol. The number of amides is 1. The quantitative estimate of drug-likeness (QED) is 0.778. The Balaban J connectivity index is 2.45. The van der Waals surface area contributed by atoms with Crippen molar-refractivity contribution in [2.75, 3.05) is 19.7 Å². The van der Waals surface area contributed by atoms with Gasteiger partial charge in [0.15, 0.2) is 5.01 Å². The monoisotopic (exact) mass is 331 g/mol. The van der Waals surface area contributed by atoms with Gasteiger partial charge in [0.1, 0.15) is 6.61 Å². The number of aromatic nitrogens is 2. The molecule has 1 amide bonds. The molecule has 18 heavy (non-hydrogen) atoms. The largest absolute Gasteiger partial charge is 0.467 e. The van der Waals surface area contributed by atoms with E-state index in [0.29, 0.717) is 24.9 Å². The first-order valence-corrected chi connectivity index (χ1v) is 7.08. The van der Waals surface area contributed by atoms with Gasteiger partial charge in [-0.25, -0.2) is 0 Å². The molecule has 0 unspecified atom stereocenters. The van der Waals surface area contributed by atoms with Crippen LogP contribution in [-0.2, 0) is 8.59 Å². The number of halogens is 3. The minimum atomic E-state index is -1.59. The molecule has 0 fully saturated rings. The van der Waals surface area contributed by atoms with Gasteiger partial charge in [-0.1, -0.05) is 51.2 Å². The summed E-state index contributed by atoms with van der Waals surface area (Å²) in [6, 6.07) is 0. The topological polar surface area (TPSA) is 55.3 Å². The van der Waals surface area contributed by atoms with Gasteiger partial charge in [-0.2, -0.15) is 0 Å². The lowest BCUT2D eigenvalue weighted by Gasteiger charge is -2.17. The molecule has 0 saturated carbocycles. The lowest BCUT2D eigenvalue weighted by molar-refractivity contribution is -0.129. The third kappa shape index (κ3) is 4.76. The van der Waals surface area contributed by atoms with Crippen molar-refractivity contribution in [3.05, 3.63) is 5.01 Å². The lowest BCUT2D eigenvalue weighted by atomic mass is 10.5. The highest BCUT2D eigenvalue weighted by Gasteiger charge is 2.28. The molecule has 0 spiro atoms. The van der Waals surface area contributed by atoms with Crippen LogP contribution < -0.4 is 4.74 Å². The molecule has 0 N–H and O–H groups in total. The molecule has 0 aliphatic rings. The van der Waals surface area contributed by atoms with E-state index in [-0.39, 0.29) is 10.9 Å². The molecule has 0 saturated heterocycles. The summed E-state index contributed by atoms with van der Waals surface area (Å²) in [5, 5.41) is 8.01. The van der Waals surface area contributed by atoms with Gasteiger partial charge < -0.3 is 9.64 Å². The van der Waals surface area contributed by atoms with Crippen molar-refractivity contribution in [2.24, 2.45) is 0 Å². The van der Waals surface area contributed by atoms with Crippen molar-refractivity contribution in [2.45, 2.75) is 17.6 Å². The van der Waals surface area contributed by atoms with Gasteiger partial charge in [0, 0.05) is 13.5 Å². The fraction of sp³-hybridized carbons (Fsp3) is 0.667. The molecular weight excluding hydrogens is 321 g/mol. The number of likely N-dealkylation sites (N-methyl/N-ethyl adjacent to an activating group) is 1. The number of carbonyl (C=O) groups excluding carboxylic acids is 1. The summed E-state index contributed by atoms with van der Waals surface area (Å²) in [6.07, 6.45) is 0. The van der Waals surface area contributed by atoms with Crippen LogP contribution in [0, 0.1) is 0 Å². The van der Waals surface area contributed by atoms with E-state index in [9.17, 15) is 4.79 Å². The van der Waals surface area contributed by atoms with Crippen molar-refractivity contribution < 1.29 is 9.53 Å². The van der Waals surface area contributed by atoms with Crippen molar-refractivity contribution in [3.63, 3.8) is 0 Å². The van der Waals surface area contributed by atoms with Gasteiger partial charge in [-0.05, 0) is 6.92 Å². The van der Waals surface area contributed by atoms with E-state index in [0.717, 1.165) is 11.3 Å². The molecule has 0 radical (unpaired) electrons. The number of carbonyl (C=O) groups is 1. The molecule has 0 atom stereocenters. The number of alkyl halides is 3. The molecule has 0 aliphatic carbocycles. The number of hydrogen-bond donors (Lipinski definition) is 0. The van der Waals surface area contributed by atoms with Crippen molar-refractivity contribution >= 4 is 52.0 Å². The minimum absolute atomic E-state index is 0.000319. The summed E-state index contributed by atoms with van der Waals surface area (Å²) >= 11 is 18.0. The van der Waals surface area contributed by atoms with E-state index >= 15 is 0 Å². The summed E-state index contributed by atoms with van der Waals surface area (Å²) in [6.45, 7) is 4.84. The Bertz CT molecular complexity index is 408. The summed E-state index contributed by atoms with van der Waals surface area (Å²) in [5.41, 5.74) is 0. The SMILES string of the molecule is CCN(CCOc1nnc(C(Cl)(Cl)Cl)s1)C(C)=O. The third-order valence-corrected chi connectivity index (χ3v) is 3.89. The predicted molar refractivity (Wildman–Crippen MR) is 72.6 cm³/mol. The normalized spacial score (nSPS) is 11.4. The molecular formula is C9H12Cl3N3O2S. The van der Waals surface area contributed by atoms with E-state index in [1.54, 1.807) is 4.90 Å². The maximum Gasteiger partial charge on any atom is 0.294 e. The van der Waals surface area contributed by atoms with Gasteiger partial charge in [0.25, 0.3) is 5.19 Å². The van der Waals surface area contributed by atoms with Crippen LogP contribution in [0.15, 0.2) is 0 Å². The van der Waals surface area contributed by atoms with E-state index < -0.39 is 3.79 Å². The maximum atomic E-state index is 11.1. The Kier molecular flexibility index (Phi) is 5.91. The first kappa shape index (κ1) is 15.8. The van der Waals surface area contributed by atoms with Gasteiger partial charge in [0.2, 0.25) is 9.70 Å². The van der Waals surface area contributed by atoms with Crippen LogP contribution in [0.2, 0.25) is 0 Å². The molecule has 0 bridgehead atoms. The van der Waals surface area contributed by atoms with Gasteiger partial charge >= 0.3 is 0 Å². The van der Waals surface area contributed by atoms with Crippen LogP contribution in [0.25, 0.3) is 0 Å². The Morgan fingerprint density at radius 3 is 2.56 bits per heavy atom. The smallest absolute Gasteiger partial charge is 0.294 e. The van der Waals surface area contributed by atoms with Gasteiger partial charge in [-0.15, -0.1) is 5.10 Å². The van der Waals surface area contributed by atoms with E-state index in [2.05, 4.69) is 10.2 Å². The zero-order valence-electron chi connectivity index (χ0n) is 9.82. The fourth-order valence-corrected chi connectivity index (χ4v) is 2.21. The van der Waals surface area contributed by atoms with Crippen LogP contribution in [-0.4, -0.2) is 40.7 Å². The number of ether oxygens (including phenoxy) is 1. The molecule has 0 aliphatic heterocycles. The van der Waals surface area contributed by atoms with Crippen molar-refractivity contribution in [3.8, 4) is 5.19 Å². The maximum absolute atomic E-state index is 11.1. The van der Waals surface area contributed by atoms with Crippen LogP contribution >= 0.6 is 46.1 Å². The van der Waals surface area contributed by atoms with Crippen molar-refractivity contribution in [1.29, 1.82) is 0 Å². The number of hydrogen-bond acceptors (Lipinski definition) is 5. The van der Waals surface area contributed by atoms with Crippen LogP contribution in [0.1, 0.15) is 18.9 Å².